The van der Waals surface area contributed by atoms with E-state index in [4.69, 9.17) is 16.7 Å². The predicted octanol–water partition coefficient (Wildman–Crippen LogP) is 2.78. The van der Waals surface area contributed by atoms with E-state index in [1.165, 1.54) is 12.1 Å². The van der Waals surface area contributed by atoms with Crippen LogP contribution in [0.4, 0.5) is 0 Å². The molecule has 1 aromatic rings. The summed E-state index contributed by atoms with van der Waals surface area (Å²) in [5.74, 6) is -1.39. The molecule has 0 aromatic heterocycles. The van der Waals surface area contributed by atoms with E-state index < -0.39 is 15.8 Å². The maximum absolute atomic E-state index is 12.0. The first-order valence-corrected chi connectivity index (χ1v) is 7.16. The first-order valence-electron chi connectivity index (χ1n) is 5.13. The molecule has 4 nitrogen and oxygen atoms in total. The fourth-order valence-corrected chi connectivity index (χ4v) is 3.12. The van der Waals surface area contributed by atoms with E-state index in [9.17, 15) is 13.2 Å². The number of aromatic carboxylic acids is 1. The summed E-state index contributed by atoms with van der Waals surface area (Å²) in [6, 6.07) is 3.63. The Bertz CT molecular complexity index is 599. The molecule has 1 rings (SSSR count). The second-order valence-corrected chi connectivity index (χ2v) is 6.42. The van der Waals surface area contributed by atoms with Crippen LogP contribution in [0.25, 0.3) is 0 Å². The number of hydrogen-bond acceptors (Lipinski definition) is 3. The molecular formula is C12H13ClO4S. The molecule has 0 heterocycles. The van der Waals surface area contributed by atoms with Crippen LogP contribution < -0.4 is 0 Å². The van der Waals surface area contributed by atoms with Gasteiger partial charge in [0, 0.05) is 0 Å². The summed E-state index contributed by atoms with van der Waals surface area (Å²) in [7, 11) is -3.61. The van der Waals surface area contributed by atoms with E-state index in [0.29, 0.717) is 0 Å². The zero-order valence-electron chi connectivity index (χ0n) is 9.97. The molecule has 0 saturated heterocycles. The minimum absolute atomic E-state index is 0.0298. The second kappa shape index (κ2) is 5.54. The van der Waals surface area contributed by atoms with Gasteiger partial charge in [-0.25, -0.2) is 13.2 Å². The van der Waals surface area contributed by atoms with Gasteiger partial charge in [-0.1, -0.05) is 23.3 Å². The van der Waals surface area contributed by atoms with Crippen molar-refractivity contribution in [1.82, 2.24) is 0 Å². The topological polar surface area (TPSA) is 71.4 Å². The lowest BCUT2D eigenvalue weighted by Gasteiger charge is -2.06. The predicted molar refractivity (Wildman–Crippen MR) is 69.9 cm³/mol. The summed E-state index contributed by atoms with van der Waals surface area (Å²) in [6.45, 7) is 3.57. The number of carboxylic acid groups (broad SMARTS) is 1. The molecule has 1 N–H and O–H groups in total. The third-order valence-electron chi connectivity index (χ3n) is 2.22. The van der Waals surface area contributed by atoms with Crippen molar-refractivity contribution in [2.45, 2.75) is 18.7 Å². The Morgan fingerprint density at radius 3 is 2.50 bits per heavy atom. The number of carboxylic acids is 1. The Kier molecular flexibility index (Phi) is 4.53. The van der Waals surface area contributed by atoms with Crippen molar-refractivity contribution in [3.05, 3.63) is 40.4 Å². The summed E-state index contributed by atoms with van der Waals surface area (Å²) >= 11 is 5.81. The molecule has 0 aliphatic carbocycles. The first kappa shape index (κ1) is 14.7. The van der Waals surface area contributed by atoms with Gasteiger partial charge in [-0.2, -0.15) is 0 Å². The number of allylic oxidation sites excluding steroid dienone is 1. The fraction of sp³-hybridized carbons (Fsp3) is 0.250. The molecule has 0 saturated carbocycles. The lowest BCUT2D eigenvalue weighted by molar-refractivity contribution is 0.0696. The van der Waals surface area contributed by atoms with E-state index in [1.54, 1.807) is 19.9 Å². The maximum atomic E-state index is 12.0. The van der Waals surface area contributed by atoms with Crippen molar-refractivity contribution in [3.63, 3.8) is 0 Å². The Balaban J connectivity index is 3.27. The van der Waals surface area contributed by atoms with Crippen LogP contribution in [0, 0.1) is 0 Å². The van der Waals surface area contributed by atoms with Gasteiger partial charge in [-0.15, -0.1) is 0 Å². The highest BCUT2D eigenvalue weighted by molar-refractivity contribution is 7.91. The fourth-order valence-electron chi connectivity index (χ4n) is 1.24. The highest BCUT2D eigenvalue weighted by atomic mass is 35.5. The van der Waals surface area contributed by atoms with Crippen molar-refractivity contribution in [3.8, 4) is 0 Å². The second-order valence-electron chi connectivity index (χ2n) is 4.01. The Morgan fingerprint density at radius 2 is 2.00 bits per heavy atom. The van der Waals surface area contributed by atoms with E-state index in [1.807, 2.05) is 0 Å². The van der Waals surface area contributed by atoms with Gasteiger partial charge in [-0.3, -0.25) is 0 Å². The van der Waals surface area contributed by atoms with Crippen LogP contribution >= 0.6 is 11.6 Å². The molecule has 6 heteroatoms. The van der Waals surface area contributed by atoms with Crippen molar-refractivity contribution < 1.29 is 18.3 Å². The number of rotatable bonds is 4. The zero-order valence-corrected chi connectivity index (χ0v) is 11.5. The van der Waals surface area contributed by atoms with E-state index in [-0.39, 0.29) is 21.2 Å². The van der Waals surface area contributed by atoms with E-state index in [2.05, 4.69) is 0 Å². The van der Waals surface area contributed by atoms with Crippen molar-refractivity contribution in [2.24, 2.45) is 0 Å². The summed E-state index contributed by atoms with van der Waals surface area (Å²) in [5, 5.41) is 8.86. The molecule has 0 bridgehead atoms. The van der Waals surface area contributed by atoms with E-state index >= 15 is 0 Å². The SMILES string of the molecule is CC(C)=CCS(=O)(=O)c1cc(C(=O)O)ccc1Cl. The third-order valence-corrected chi connectivity index (χ3v) is 4.28. The van der Waals surface area contributed by atoms with Gasteiger partial charge >= 0.3 is 5.97 Å². The molecule has 18 heavy (non-hydrogen) atoms. The number of sulfone groups is 1. The average Bonchev–Trinajstić information content (AvgIpc) is 2.26. The zero-order chi connectivity index (χ0) is 13.9. The Morgan fingerprint density at radius 1 is 1.39 bits per heavy atom. The molecule has 0 amide bonds. The van der Waals surface area contributed by atoms with Crippen LogP contribution in [0.15, 0.2) is 34.7 Å². The van der Waals surface area contributed by atoms with Crippen molar-refractivity contribution >= 4 is 27.4 Å². The van der Waals surface area contributed by atoms with E-state index in [0.717, 1.165) is 11.6 Å². The highest BCUT2D eigenvalue weighted by Crippen LogP contribution is 2.24. The van der Waals surface area contributed by atoms with Gasteiger partial charge in [0.25, 0.3) is 0 Å². The molecule has 0 aliphatic heterocycles. The smallest absolute Gasteiger partial charge is 0.335 e. The molecule has 1 aromatic carbocycles. The lowest BCUT2D eigenvalue weighted by Crippen LogP contribution is -2.08. The lowest BCUT2D eigenvalue weighted by atomic mass is 10.2. The highest BCUT2D eigenvalue weighted by Gasteiger charge is 2.19. The standard InChI is InChI=1S/C12H13ClO4S/c1-8(2)5-6-18(16,17)11-7-9(12(14)15)3-4-10(11)13/h3-5,7H,6H2,1-2H3,(H,14,15). The minimum atomic E-state index is -3.61. The molecule has 0 unspecified atom stereocenters. The van der Waals surface area contributed by atoms with Gasteiger partial charge < -0.3 is 5.11 Å². The van der Waals surface area contributed by atoms with Crippen LogP contribution in [-0.2, 0) is 9.84 Å². The molecule has 0 atom stereocenters. The molecular weight excluding hydrogens is 276 g/mol. The largest absolute Gasteiger partial charge is 0.478 e. The summed E-state index contributed by atoms with van der Waals surface area (Å²) in [6.07, 6.45) is 1.55. The van der Waals surface area contributed by atoms with Gasteiger partial charge in [0.2, 0.25) is 0 Å². The maximum Gasteiger partial charge on any atom is 0.335 e. The minimum Gasteiger partial charge on any atom is -0.478 e. The Hall–Kier alpha value is -1.33. The number of hydrogen-bond donors (Lipinski definition) is 1. The normalized spacial score (nSPS) is 11.1. The summed E-state index contributed by atoms with van der Waals surface area (Å²) < 4.78 is 24.0. The van der Waals surface area contributed by atoms with Crippen LogP contribution in [0.2, 0.25) is 5.02 Å². The molecule has 98 valence electrons. The van der Waals surface area contributed by atoms with Gasteiger partial charge in [0.1, 0.15) is 0 Å². The third kappa shape index (κ3) is 3.58. The Labute approximate surface area is 111 Å². The van der Waals surface area contributed by atoms with Crippen LogP contribution in [0.3, 0.4) is 0 Å². The van der Waals surface area contributed by atoms with Gasteiger partial charge in [-0.05, 0) is 32.0 Å². The first-order chi connectivity index (χ1) is 8.24. The van der Waals surface area contributed by atoms with Crippen LogP contribution in [0.5, 0.6) is 0 Å². The van der Waals surface area contributed by atoms with Crippen LogP contribution in [0.1, 0.15) is 24.2 Å². The summed E-state index contributed by atoms with van der Waals surface area (Å²) in [4.78, 5) is 10.7. The number of halogens is 1. The number of benzene rings is 1. The molecule has 0 radical (unpaired) electrons. The monoisotopic (exact) mass is 288 g/mol. The van der Waals surface area contributed by atoms with Gasteiger partial charge in [0.05, 0.1) is 21.2 Å². The summed E-state index contributed by atoms with van der Waals surface area (Å²) in [5.41, 5.74) is 0.763. The number of carbonyl (C=O) groups is 1. The van der Waals surface area contributed by atoms with Gasteiger partial charge in [0.15, 0.2) is 9.84 Å². The molecule has 0 aliphatic rings. The molecule has 0 spiro atoms. The molecule has 0 fully saturated rings. The van der Waals surface area contributed by atoms with Crippen molar-refractivity contribution in [1.29, 1.82) is 0 Å². The van der Waals surface area contributed by atoms with Crippen LogP contribution in [-0.4, -0.2) is 25.2 Å². The van der Waals surface area contributed by atoms with Crippen molar-refractivity contribution in [2.75, 3.05) is 5.75 Å². The quantitative estimate of drug-likeness (QED) is 0.865. The average molecular weight is 289 g/mol.